The molecule has 124 valence electrons. The van der Waals surface area contributed by atoms with Crippen LogP contribution in [0, 0.1) is 13.8 Å². The van der Waals surface area contributed by atoms with Crippen molar-refractivity contribution in [2.24, 2.45) is 0 Å². The third-order valence-electron chi connectivity index (χ3n) is 4.29. The molecule has 0 spiro atoms. The van der Waals surface area contributed by atoms with E-state index >= 15 is 0 Å². The number of hydrogen-bond acceptors (Lipinski definition) is 5. The van der Waals surface area contributed by atoms with Gasteiger partial charge in [0.05, 0.1) is 11.2 Å². The molecule has 3 aromatic rings. The Kier molecular flexibility index (Phi) is 3.48. The molecular weight excluding hydrogens is 306 g/mol. The summed E-state index contributed by atoms with van der Waals surface area (Å²) in [6.07, 6.45) is 6.31. The van der Waals surface area contributed by atoms with Crippen LogP contribution in [-0.4, -0.2) is 39.4 Å². The highest BCUT2D eigenvalue weighted by Gasteiger charge is 2.27. The van der Waals surface area contributed by atoms with Crippen LogP contribution in [0.2, 0.25) is 0 Å². The lowest BCUT2D eigenvalue weighted by Gasteiger charge is -2.19. The molecule has 3 aromatic heterocycles. The number of aryl methyl sites for hydroxylation is 2. The van der Waals surface area contributed by atoms with E-state index in [2.05, 4.69) is 25.7 Å². The van der Waals surface area contributed by atoms with Crippen molar-refractivity contribution >= 4 is 17.2 Å². The number of anilines is 1. The first kappa shape index (κ1) is 14.7. The van der Waals surface area contributed by atoms with E-state index in [9.17, 15) is 4.79 Å². The molecule has 0 radical (unpaired) electrons. The minimum Gasteiger partial charge on any atom is -0.448 e. The molecule has 4 heterocycles. The van der Waals surface area contributed by atoms with E-state index in [4.69, 9.17) is 9.40 Å². The summed E-state index contributed by atoms with van der Waals surface area (Å²) in [7, 11) is 0. The van der Waals surface area contributed by atoms with Gasteiger partial charge in [-0.15, -0.1) is 0 Å². The van der Waals surface area contributed by atoms with Crippen molar-refractivity contribution in [1.29, 1.82) is 0 Å². The third kappa shape index (κ3) is 2.62. The Bertz CT molecular complexity index is 897. The molecule has 0 aromatic carbocycles. The molecule has 0 aliphatic carbocycles. The number of carbonyl (C=O) groups is 1. The van der Waals surface area contributed by atoms with Gasteiger partial charge in [-0.05, 0) is 25.5 Å². The van der Waals surface area contributed by atoms with Crippen LogP contribution in [0.3, 0.4) is 0 Å². The second-order valence-electron chi connectivity index (χ2n) is 6.16. The fraction of sp³-hybridized carbons (Fsp3) is 0.353. The van der Waals surface area contributed by atoms with Crippen molar-refractivity contribution in [2.75, 3.05) is 18.0 Å². The second-order valence-corrected chi connectivity index (χ2v) is 6.16. The molecule has 7 nitrogen and oxygen atoms in total. The first-order chi connectivity index (χ1) is 11.6. The van der Waals surface area contributed by atoms with Gasteiger partial charge in [0.25, 0.3) is 5.91 Å². The summed E-state index contributed by atoms with van der Waals surface area (Å²) in [5.74, 6) is 1.27. The number of carbonyl (C=O) groups excluding carboxylic acids is 1. The fourth-order valence-corrected chi connectivity index (χ4v) is 3.18. The first-order valence-corrected chi connectivity index (χ1v) is 8.02. The molecular formula is C17H19N5O2. The van der Waals surface area contributed by atoms with Crippen LogP contribution in [-0.2, 0) is 0 Å². The van der Waals surface area contributed by atoms with Crippen LogP contribution in [0.5, 0.6) is 0 Å². The van der Waals surface area contributed by atoms with Gasteiger partial charge in [0, 0.05) is 38.4 Å². The zero-order valence-corrected chi connectivity index (χ0v) is 13.7. The van der Waals surface area contributed by atoms with E-state index in [1.165, 1.54) is 6.26 Å². The first-order valence-electron chi connectivity index (χ1n) is 8.02. The normalized spacial score (nSPS) is 17.6. The van der Waals surface area contributed by atoms with Gasteiger partial charge >= 0.3 is 0 Å². The van der Waals surface area contributed by atoms with Gasteiger partial charge in [-0.25, -0.2) is 9.97 Å². The molecule has 1 aliphatic heterocycles. The zero-order valence-electron chi connectivity index (χ0n) is 13.7. The van der Waals surface area contributed by atoms with Gasteiger partial charge in [-0.3, -0.25) is 4.79 Å². The molecule has 1 amide bonds. The van der Waals surface area contributed by atoms with Gasteiger partial charge in [0.15, 0.2) is 17.4 Å². The Labute approximate surface area is 139 Å². The predicted molar refractivity (Wildman–Crippen MR) is 89.3 cm³/mol. The summed E-state index contributed by atoms with van der Waals surface area (Å²) in [4.78, 5) is 23.2. The molecule has 0 saturated carbocycles. The number of nitrogens with zero attached hydrogens (tertiary/aromatic N) is 4. The van der Waals surface area contributed by atoms with E-state index in [-0.39, 0.29) is 11.9 Å². The maximum atomic E-state index is 12.2. The number of nitrogens with one attached hydrogen (secondary N) is 1. The van der Waals surface area contributed by atoms with E-state index < -0.39 is 0 Å². The van der Waals surface area contributed by atoms with Crippen molar-refractivity contribution in [1.82, 2.24) is 19.7 Å². The number of aromatic nitrogens is 3. The summed E-state index contributed by atoms with van der Waals surface area (Å²) >= 11 is 0. The highest BCUT2D eigenvalue weighted by molar-refractivity contribution is 5.92. The Morgan fingerprint density at radius 1 is 1.38 bits per heavy atom. The van der Waals surface area contributed by atoms with Gasteiger partial charge in [-0.2, -0.15) is 0 Å². The summed E-state index contributed by atoms with van der Waals surface area (Å²) < 4.78 is 7.18. The lowest BCUT2D eigenvalue weighted by Crippen LogP contribution is -2.37. The molecule has 1 fully saturated rings. The molecule has 1 saturated heterocycles. The van der Waals surface area contributed by atoms with Crippen LogP contribution >= 0.6 is 0 Å². The number of hydrogen-bond donors (Lipinski definition) is 1. The summed E-state index contributed by atoms with van der Waals surface area (Å²) in [6, 6.07) is 4.15. The van der Waals surface area contributed by atoms with Crippen molar-refractivity contribution in [3.8, 4) is 0 Å². The molecule has 7 heteroatoms. The third-order valence-corrected chi connectivity index (χ3v) is 4.29. The molecule has 4 rings (SSSR count). The highest BCUT2D eigenvalue weighted by atomic mass is 16.3. The Balaban J connectivity index is 1.50. The standard InChI is InChI=1S/C17H19N5O2/c1-11-8-21-6-3-4-15(21)16(18-11)22-7-5-13(9-22)20-17(23)14-10-24-12(2)19-14/h3-4,6,8,10,13H,5,7,9H2,1-2H3,(H,20,23). The smallest absolute Gasteiger partial charge is 0.273 e. The average molecular weight is 325 g/mol. The van der Waals surface area contributed by atoms with Crippen LogP contribution in [0.25, 0.3) is 5.52 Å². The molecule has 24 heavy (non-hydrogen) atoms. The highest BCUT2D eigenvalue weighted by Crippen LogP contribution is 2.24. The van der Waals surface area contributed by atoms with Crippen molar-refractivity contribution in [2.45, 2.75) is 26.3 Å². The van der Waals surface area contributed by atoms with Gasteiger partial charge in [0.2, 0.25) is 0 Å². The van der Waals surface area contributed by atoms with Gasteiger partial charge in [0.1, 0.15) is 6.26 Å². The number of fused-ring (bicyclic) bond motifs is 1. The Morgan fingerprint density at radius 3 is 3.04 bits per heavy atom. The van der Waals surface area contributed by atoms with E-state index in [0.717, 1.165) is 36.5 Å². The van der Waals surface area contributed by atoms with E-state index in [0.29, 0.717) is 11.6 Å². The fourth-order valence-electron chi connectivity index (χ4n) is 3.18. The van der Waals surface area contributed by atoms with Crippen molar-refractivity contribution < 1.29 is 9.21 Å². The molecule has 1 unspecified atom stereocenters. The maximum Gasteiger partial charge on any atom is 0.273 e. The summed E-state index contributed by atoms with van der Waals surface area (Å²) in [5, 5.41) is 3.03. The van der Waals surface area contributed by atoms with Crippen LogP contribution in [0.15, 0.2) is 35.2 Å². The summed E-state index contributed by atoms with van der Waals surface area (Å²) in [5.41, 5.74) is 2.38. The zero-order chi connectivity index (χ0) is 16.7. The van der Waals surface area contributed by atoms with Crippen molar-refractivity contribution in [3.05, 3.63) is 48.1 Å². The SMILES string of the molecule is Cc1cn2cccc2c(N2CCC(NC(=O)c3coc(C)n3)C2)n1. The number of rotatable bonds is 3. The molecule has 1 atom stereocenters. The molecule has 0 bridgehead atoms. The van der Waals surface area contributed by atoms with E-state index in [1.807, 2.05) is 25.4 Å². The second kappa shape index (κ2) is 5.67. The minimum absolute atomic E-state index is 0.0758. The molecule has 1 aliphatic rings. The average Bonchev–Trinajstić information content (AvgIpc) is 3.26. The van der Waals surface area contributed by atoms with Crippen LogP contribution in [0.4, 0.5) is 5.82 Å². The van der Waals surface area contributed by atoms with E-state index in [1.54, 1.807) is 6.92 Å². The van der Waals surface area contributed by atoms with Gasteiger partial charge < -0.3 is 19.0 Å². The van der Waals surface area contributed by atoms with Crippen LogP contribution < -0.4 is 10.2 Å². The van der Waals surface area contributed by atoms with Gasteiger partial charge in [-0.1, -0.05) is 0 Å². The van der Waals surface area contributed by atoms with Crippen LogP contribution in [0.1, 0.15) is 28.5 Å². The number of amides is 1. The minimum atomic E-state index is -0.191. The quantitative estimate of drug-likeness (QED) is 0.796. The lowest BCUT2D eigenvalue weighted by molar-refractivity contribution is 0.0935. The predicted octanol–water partition coefficient (Wildman–Crippen LogP) is 1.95. The monoisotopic (exact) mass is 325 g/mol. The lowest BCUT2D eigenvalue weighted by atomic mass is 10.2. The Hall–Kier alpha value is -2.83. The topological polar surface area (TPSA) is 75.7 Å². The number of oxazole rings is 1. The van der Waals surface area contributed by atoms with Crippen molar-refractivity contribution in [3.63, 3.8) is 0 Å². The largest absolute Gasteiger partial charge is 0.448 e. The Morgan fingerprint density at radius 2 is 2.25 bits per heavy atom. The molecule has 1 N–H and O–H groups in total. The summed E-state index contributed by atoms with van der Waals surface area (Å²) in [6.45, 7) is 5.31. The maximum absolute atomic E-state index is 12.2.